The minimum Gasteiger partial charge on any atom is -0.406 e. The second-order valence-electron chi connectivity index (χ2n) is 6.14. The minimum atomic E-state index is -4.76. The Morgan fingerprint density at radius 1 is 1.14 bits per heavy atom. The first-order valence-corrected chi connectivity index (χ1v) is 8.52. The summed E-state index contributed by atoms with van der Waals surface area (Å²) < 4.78 is 42.3. The van der Waals surface area contributed by atoms with Crippen molar-refractivity contribution >= 4 is 11.6 Å². The molecular weight excluding hydrogens is 387 g/mol. The number of carbonyl (C=O) groups is 1. The maximum absolute atomic E-state index is 12.7. The second-order valence-corrected chi connectivity index (χ2v) is 6.14. The number of rotatable bonds is 6. The summed E-state index contributed by atoms with van der Waals surface area (Å²) in [6, 6.07) is 11.8. The van der Waals surface area contributed by atoms with E-state index < -0.39 is 12.3 Å². The second kappa shape index (κ2) is 8.23. The molecule has 2 aromatic carbocycles. The summed E-state index contributed by atoms with van der Waals surface area (Å²) in [7, 11) is 0. The van der Waals surface area contributed by atoms with Gasteiger partial charge >= 0.3 is 6.36 Å². The van der Waals surface area contributed by atoms with E-state index in [1.807, 2.05) is 0 Å². The van der Waals surface area contributed by atoms with Gasteiger partial charge in [0.15, 0.2) is 0 Å². The number of benzene rings is 2. The zero-order chi connectivity index (χ0) is 21.0. The molecule has 0 aliphatic rings. The van der Waals surface area contributed by atoms with Crippen molar-refractivity contribution in [3.05, 3.63) is 66.5 Å². The molecule has 4 N–H and O–H groups in total. The van der Waals surface area contributed by atoms with Gasteiger partial charge in [-0.2, -0.15) is 5.10 Å². The Morgan fingerprint density at radius 3 is 2.45 bits per heavy atom. The average molecular weight is 405 g/mol. The van der Waals surface area contributed by atoms with E-state index in [1.54, 1.807) is 41.3 Å². The van der Waals surface area contributed by atoms with Gasteiger partial charge in [0.1, 0.15) is 5.75 Å². The van der Waals surface area contributed by atoms with Crippen LogP contribution in [0.5, 0.6) is 5.75 Å². The highest BCUT2D eigenvalue weighted by atomic mass is 19.4. The largest absolute Gasteiger partial charge is 0.573 e. The van der Waals surface area contributed by atoms with Crippen LogP contribution in [0.25, 0.3) is 11.1 Å². The van der Waals surface area contributed by atoms with Gasteiger partial charge < -0.3 is 10.5 Å². The Morgan fingerprint density at radius 2 is 1.83 bits per heavy atom. The molecule has 0 aliphatic heterocycles. The lowest BCUT2D eigenvalue weighted by atomic mass is 10.0. The third-order valence-corrected chi connectivity index (χ3v) is 4.09. The van der Waals surface area contributed by atoms with Crippen LogP contribution in [-0.2, 0) is 6.54 Å². The van der Waals surface area contributed by atoms with Crippen molar-refractivity contribution in [2.75, 3.05) is 12.3 Å². The summed E-state index contributed by atoms with van der Waals surface area (Å²) in [5.74, 6) is 5.05. The summed E-state index contributed by atoms with van der Waals surface area (Å²) in [4.78, 5) is 12.7. The maximum atomic E-state index is 12.7. The van der Waals surface area contributed by atoms with Crippen LogP contribution >= 0.6 is 0 Å². The number of anilines is 1. The highest BCUT2D eigenvalue weighted by Crippen LogP contribution is 2.28. The van der Waals surface area contributed by atoms with Gasteiger partial charge in [0.25, 0.3) is 5.91 Å². The van der Waals surface area contributed by atoms with E-state index in [4.69, 9.17) is 11.6 Å². The molecule has 0 fully saturated rings. The first kappa shape index (κ1) is 20.2. The maximum Gasteiger partial charge on any atom is 0.573 e. The number of carbonyl (C=O) groups excluding carboxylic acids is 1. The molecular formula is C19H18F3N5O2. The number of ether oxygens (including phenoxy) is 1. The normalized spacial score (nSPS) is 11.3. The van der Waals surface area contributed by atoms with E-state index in [9.17, 15) is 18.0 Å². The molecule has 0 aliphatic carbocycles. The molecule has 3 rings (SSSR count). The monoisotopic (exact) mass is 405 g/mol. The number of nitrogens with two attached hydrogens (primary N) is 2. The first-order chi connectivity index (χ1) is 13.7. The average Bonchev–Trinajstić information content (AvgIpc) is 3.19. The Kier molecular flexibility index (Phi) is 5.74. The van der Waals surface area contributed by atoms with E-state index in [0.29, 0.717) is 17.7 Å². The van der Waals surface area contributed by atoms with Crippen LogP contribution in [0.3, 0.4) is 0 Å². The standard InChI is InChI=1S/C19H18F3N5O2/c20-19(21,22)29-15-5-2-13(3-6-15)14-4-7-17(23)16(12-14)18(28)27(24)11-10-26-9-1-8-25-26/h1-9,12H,10-11,23-24H2. The van der Waals surface area contributed by atoms with E-state index in [1.165, 1.54) is 24.3 Å². The Bertz CT molecular complexity index is 973. The van der Waals surface area contributed by atoms with E-state index in [0.717, 1.165) is 5.01 Å². The molecule has 0 saturated carbocycles. The van der Waals surface area contributed by atoms with E-state index in [-0.39, 0.29) is 23.5 Å². The number of aromatic nitrogens is 2. The van der Waals surface area contributed by atoms with Crippen LogP contribution in [0.4, 0.5) is 18.9 Å². The molecule has 10 heteroatoms. The van der Waals surface area contributed by atoms with Crippen LogP contribution in [-0.4, -0.2) is 33.6 Å². The zero-order valence-electron chi connectivity index (χ0n) is 15.1. The summed E-state index contributed by atoms with van der Waals surface area (Å²) in [5.41, 5.74) is 7.55. The number of hydrogen-bond donors (Lipinski definition) is 2. The van der Waals surface area contributed by atoms with Crippen LogP contribution in [0.1, 0.15) is 10.4 Å². The smallest absolute Gasteiger partial charge is 0.406 e. The van der Waals surface area contributed by atoms with Crippen LogP contribution in [0.2, 0.25) is 0 Å². The molecule has 1 aromatic heterocycles. The third-order valence-electron chi connectivity index (χ3n) is 4.09. The fraction of sp³-hybridized carbons (Fsp3) is 0.158. The van der Waals surface area contributed by atoms with Crippen molar-refractivity contribution in [2.24, 2.45) is 5.84 Å². The number of nitrogens with zero attached hydrogens (tertiary/aromatic N) is 3. The van der Waals surface area contributed by atoms with Gasteiger partial charge in [-0.15, -0.1) is 13.2 Å². The molecule has 0 unspecified atom stereocenters. The third kappa shape index (κ3) is 5.26. The molecule has 0 atom stereocenters. The summed E-state index contributed by atoms with van der Waals surface area (Å²) in [6.45, 7) is 0.628. The fourth-order valence-corrected chi connectivity index (χ4v) is 2.67. The van der Waals surface area contributed by atoms with Gasteiger partial charge in [0.05, 0.1) is 18.7 Å². The molecule has 152 valence electrons. The molecule has 3 aromatic rings. The fourth-order valence-electron chi connectivity index (χ4n) is 2.67. The molecule has 1 heterocycles. The van der Waals surface area contributed by atoms with Gasteiger partial charge in [0.2, 0.25) is 0 Å². The molecule has 0 spiro atoms. The highest BCUT2D eigenvalue weighted by molar-refractivity contribution is 6.00. The topological polar surface area (TPSA) is 99.4 Å². The van der Waals surface area contributed by atoms with Crippen molar-refractivity contribution < 1.29 is 22.7 Å². The van der Waals surface area contributed by atoms with Crippen molar-refractivity contribution in [3.63, 3.8) is 0 Å². The number of nitrogen functional groups attached to an aromatic ring is 1. The van der Waals surface area contributed by atoms with Crippen molar-refractivity contribution in [1.29, 1.82) is 0 Å². The predicted octanol–water partition coefficient (Wildman–Crippen LogP) is 3.05. The van der Waals surface area contributed by atoms with Crippen molar-refractivity contribution in [1.82, 2.24) is 14.8 Å². The molecule has 0 saturated heterocycles. The molecule has 29 heavy (non-hydrogen) atoms. The lowest BCUT2D eigenvalue weighted by Crippen LogP contribution is -2.40. The van der Waals surface area contributed by atoms with Gasteiger partial charge in [0, 0.05) is 18.1 Å². The Hall–Kier alpha value is -3.53. The summed E-state index contributed by atoms with van der Waals surface area (Å²) >= 11 is 0. The highest BCUT2D eigenvalue weighted by Gasteiger charge is 2.31. The van der Waals surface area contributed by atoms with E-state index in [2.05, 4.69) is 9.84 Å². The molecule has 7 nitrogen and oxygen atoms in total. The van der Waals surface area contributed by atoms with E-state index >= 15 is 0 Å². The quantitative estimate of drug-likeness (QED) is 0.284. The predicted molar refractivity (Wildman–Crippen MR) is 100 cm³/mol. The number of amides is 1. The van der Waals surface area contributed by atoms with Gasteiger partial charge in [-0.1, -0.05) is 18.2 Å². The van der Waals surface area contributed by atoms with Crippen molar-refractivity contribution in [3.8, 4) is 16.9 Å². The number of hydrogen-bond acceptors (Lipinski definition) is 5. The molecule has 1 amide bonds. The number of alkyl halides is 3. The van der Waals surface area contributed by atoms with Gasteiger partial charge in [-0.05, 0) is 41.5 Å². The SMILES string of the molecule is Nc1ccc(-c2ccc(OC(F)(F)F)cc2)cc1C(=O)N(N)CCn1cccn1. The minimum absolute atomic E-state index is 0.195. The Balaban J connectivity index is 1.75. The van der Waals surface area contributed by atoms with Gasteiger partial charge in [-0.25, -0.2) is 5.84 Å². The van der Waals surface area contributed by atoms with Crippen molar-refractivity contribution in [2.45, 2.75) is 12.9 Å². The number of halogens is 3. The zero-order valence-corrected chi connectivity index (χ0v) is 15.1. The lowest BCUT2D eigenvalue weighted by molar-refractivity contribution is -0.274. The van der Waals surface area contributed by atoms with Gasteiger partial charge in [-0.3, -0.25) is 14.5 Å². The lowest BCUT2D eigenvalue weighted by Gasteiger charge is -2.18. The molecule has 0 bridgehead atoms. The first-order valence-electron chi connectivity index (χ1n) is 8.52. The summed E-state index contributed by atoms with van der Waals surface area (Å²) in [5, 5.41) is 5.08. The van der Waals surface area contributed by atoms with Crippen LogP contribution in [0.15, 0.2) is 60.9 Å². The molecule has 0 radical (unpaired) electrons. The number of hydrazine groups is 1. The van der Waals surface area contributed by atoms with Crippen LogP contribution < -0.4 is 16.3 Å². The Labute approximate surface area is 164 Å². The van der Waals surface area contributed by atoms with Crippen LogP contribution in [0, 0.1) is 0 Å². The summed E-state index contributed by atoms with van der Waals surface area (Å²) in [6.07, 6.45) is -1.39.